The molecule has 0 bridgehead atoms. The number of aromatic amines is 2. The summed E-state index contributed by atoms with van der Waals surface area (Å²) in [5, 5.41) is 27.2. The second-order valence-electron chi connectivity index (χ2n) is 10.5. The summed E-state index contributed by atoms with van der Waals surface area (Å²) in [5.41, 5.74) is 8.24. The summed E-state index contributed by atoms with van der Waals surface area (Å²) in [5.74, 6) is -4.74. The maximum absolute atomic E-state index is 13.6. The number of amides is 3. The van der Waals surface area contributed by atoms with E-state index in [1.807, 2.05) is 24.3 Å². The number of carbonyl (C=O) groups is 5. The normalized spacial score (nSPS) is 14.1. The predicted molar refractivity (Wildman–Crippen MR) is 152 cm³/mol. The molecule has 0 fully saturated rings. The number of nitrogens with two attached hydrogens (primary N) is 1. The summed E-state index contributed by atoms with van der Waals surface area (Å²) in [7, 11) is 0. The van der Waals surface area contributed by atoms with E-state index >= 15 is 0 Å². The number of nitrogens with one attached hydrogen (secondary N) is 5. The summed E-state index contributed by atoms with van der Waals surface area (Å²) in [4.78, 5) is 72.6. The molecule has 14 heteroatoms. The zero-order chi connectivity index (χ0) is 30.8. The van der Waals surface area contributed by atoms with Gasteiger partial charge in [0.05, 0.1) is 12.4 Å². The minimum atomic E-state index is -1.37. The number of H-pyrrole nitrogens is 2. The summed E-state index contributed by atoms with van der Waals surface area (Å²) in [6, 6.07) is 2.56. The molecule has 3 amide bonds. The predicted octanol–water partition coefficient (Wildman–Crippen LogP) is 0.453. The number of fused-ring (bicyclic) bond motifs is 1. The highest BCUT2D eigenvalue weighted by atomic mass is 16.4. The Morgan fingerprint density at radius 3 is 2.21 bits per heavy atom. The quantitative estimate of drug-likeness (QED) is 0.117. The molecule has 2 heterocycles. The second kappa shape index (κ2) is 14.8. The molecule has 0 aliphatic heterocycles. The standard InChI is InChI=1S/C28H37N7O7/c1-15(2)9-23(28(41)42)35-26(39)21(7-8-24(36)37)33-27(40)22(10-16-12-31-20-6-4-3-5-18(16)20)34-25(38)19(29)11-17-13-30-14-32-17/h3-6,12-15,19,21-23,31H,7-11,29H2,1-2H3,(H,30,32)(H,33,40)(H,34,38)(H,35,39)(H,36,37)(H,41,42). The first kappa shape index (κ1) is 31.8. The van der Waals surface area contributed by atoms with Crippen molar-refractivity contribution in [3.63, 3.8) is 0 Å². The van der Waals surface area contributed by atoms with Crippen LogP contribution in [0.2, 0.25) is 0 Å². The fraction of sp³-hybridized carbons (Fsp3) is 0.429. The van der Waals surface area contributed by atoms with Gasteiger partial charge in [0.25, 0.3) is 0 Å². The maximum Gasteiger partial charge on any atom is 0.326 e. The van der Waals surface area contributed by atoms with Gasteiger partial charge in [-0.05, 0) is 30.4 Å². The van der Waals surface area contributed by atoms with Crippen LogP contribution in [-0.4, -0.2) is 79.0 Å². The maximum atomic E-state index is 13.6. The van der Waals surface area contributed by atoms with Gasteiger partial charge in [-0.1, -0.05) is 32.0 Å². The van der Waals surface area contributed by atoms with Crippen LogP contribution in [0.3, 0.4) is 0 Å². The van der Waals surface area contributed by atoms with Crippen molar-refractivity contribution in [2.24, 2.45) is 11.7 Å². The minimum absolute atomic E-state index is 0.0245. The van der Waals surface area contributed by atoms with Crippen molar-refractivity contribution in [3.8, 4) is 0 Å². The summed E-state index contributed by atoms with van der Waals surface area (Å²) >= 11 is 0. The number of hydrogen-bond donors (Lipinski definition) is 8. The SMILES string of the molecule is CC(C)CC(NC(=O)C(CCC(=O)O)NC(=O)C(Cc1c[nH]c2ccccc12)NC(=O)C(N)Cc1cnc[nH]1)C(=O)O. The van der Waals surface area contributed by atoms with Crippen LogP contribution in [0.4, 0.5) is 0 Å². The molecule has 3 rings (SSSR count). The molecule has 226 valence electrons. The Morgan fingerprint density at radius 2 is 1.57 bits per heavy atom. The van der Waals surface area contributed by atoms with E-state index in [4.69, 9.17) is 5.73 Å². The van der Waals surface area contributed by atoms with E-state index < -0.39 is 60.2 Å². The molecular weight excluding hydrogens is 546 g/mol. The Balaban J connectivity index is 1.83. The molecule has 42 heavy (non-hydrogen) atoms. The van der Waals surface area contributed by atoms with Crippen molar-refractivity contribution >= 4 is 40.6 Å². The lowest BCUT2D eigenvalue weighted by atomic mass is 10.0. The van der Waals surface area contributed by atoms with Crippen LogP contribution in [0.25, 0.3) is 10.9 Å². The number of aliphatic carboxylic acids is 2. The van der Waals surface area contributed by atoms with Gasteiger partial charge in [-0.25, -0.2) is 9.78 Å². The van der Waals surface area contributed by atoms with Crippen molar-refractivity contribution in [1.29, 1.82) is 0 Å². The lowest BCUT2D eigenvalue weighted by Crippen LogP contribution is -2.58. The van der Waals surface area contributed by atoms with Gasteiger partial charge in [0.2, 0.25) is 17.7 Å². The smallest absolute Gasteiger partial charge is 0.326 e. The zero-order valence-corrected chi connectivity index (χ0v) is 23.4. The molecule has 3 aromatic rings. The Morgan fingerprint density at radius 1 is 0.905 bits per heavy atom. The number of rotatable bonds is 16. The van der Waals surface area contributed by atoms with Crippen molar-refractivity contribution < 1.29 is 34.2 Å². The molecule has 14 nitrogen and oxygen atoms in total. The van der Waals surface area contributed by atoms with Gasteiger partial charge >= 0.3 is 11.9 Å². The molecule has 2 aromatic heterocycles. The molecule has 4 unspecified atom stereocenters. The Labute approximate surface area is 241 Å². The average molecular weight is 584 g/mol. The van der Waals surface area contributed by atoms with Gasteiger partial charge in [0.15, 0.2) is 0 Å². The van der Waals surface area contributed by atoms with E-state index in [-0.39, 0.29) is 31.6 Å². The minimum Gasteiger partial charge on any atom is -0.481 e. The molecule has 0 aliphatic carbocycles. The Bertz CT molecular complexity index is 1390. The molecule has 0 spiro atoms. The van der Waals surface area contributed by atoms with Crippen LogP contribution in [0, 0.1) is 5.92 Å². The van der Waals surface area contributed by atoms with Crippen LogP contribution < -0.4 is 21.7 Å². The second-order valence-corrected chi connectivity index (χ2v) is 10.5. The van der Waals surface area contributed by atoms with Crippen LogP contribution in [0.15, 0.2) is 43.0 Å². The first-order valence-electron chi connectivity index (χ1n) is 13.6. The number of imidazole rings is 1. The highest BCUT2D eigenvalue weighted by Crippen LogP contribution is 2.19. The molecular formula is C28H37N7O7. The first-order valence-corrected chi connectivity index (χ1v) is 13.6. The first-order chi connectivity index (χ1) is 19.9. The molecule has 0 aliphatic rings. The molecule has 0 saturated heterocycles. The third-order valence-corrected chi connectivity index (χ3v) is 6.66. The van der Waals surface area contributed by atoms with Crippen LogP contribution in [0.1, 0.15) is 44.4 Å². The lowest BCUT2D eigenvalue weighted by Gasteiger charge is -2.25. The van der Waals surface area contributed by atoms with Crippen LogP contribution in [-0.2, 0) is 36.8 Å². The van der Waals surface area contributed by atoms with E-state index in [1.165, 1.54) is 12.5 Å². The van der Waals surface area contributed by atoms with Crippen molar-refractivity contribution in [3.05, 3.63) is 54.2 Å². The van der Waals surface area contributed by atoms with Gasteiger partial charge in [-0.2, -0.15) is 0 Å². The van der Waals surface area contributed by atoms with Gasteiger partial charge in [0.1, 0.15) is 18.1 Å². The Hall–Kier alpha value is -4.72. The van der Waals surface area contributed by atoms with Gasteiger partial charge < -0.3 is 41.9 Å². The van der Waals surface area contributed by atoms with Gasteiger partial charge in [0, 0.05) is 48.3 Å². The average Bonchev–Trinajstić information content (AvgIpc) is 3.59. The number of carboxylic acid groups (broad SMARTS) is 2. The number of carboxylic acids is 2. The number of para-hydroxylation sites is 1. The molecule has 1 aromatic carbocycles. The van der Waals surface area contributed by atoms with E-state index in [0.29, 0.717) is 11.3 Å². The summed E-state index contributed by atoms with van der Waals surface area (Å²) in [6.45, 7) is 3.58. The largest absolute Gasteiger partial charge is 0.481 e. The topological polar surface area (TPSA) is 232 Å². The van der Waals surface area contributed by atoms with E-state index in [0.717, 1.165) is 10.9 Å². The molecule has 9 N–H and O–H groups in total. The molecule has 0 saturated carbocycles. The third kappa shape index (κ3) is 9.16. The highest BCUT2D eigenvalue weighted by molar-refractivity contribution is 5.95. The van der Waals surface area contributed by atoms with Crippen molar-refractivity contribution in [2.45, 2.75) is 70.1 Å². The number of aromatic nitrogens is 3. The fourth-order valence-corrected chi connectivity index (χ4v) is 4.51. The van der Waals surface area contributed by atoms with Crippen molar-refractivity contribution in [2.75, 3.05) is 0 Å². The fourth-order valence-electron chi connectivity index (χ4n) is 4.51. The van der Waals surface area contributed by atoms with Crippen LogP contribution in [0.5, 0.6) is 0 Å². The third-order valence-electron chi connectivity index (χ3n) is 6.66. The van der Waals surface area contributed by atoms with E-state index in [9.17, 15) is 34.2 Å². The van der Waals surface area contributed by atoms with Crippen molar-refractivity contribution in [1.82, 2.24) is 30.9 Å². The van der Waals surface area contributed by atoms with Gasteiger partial charge in [-0.15, -0.1) is 0 Å². The van der Waals surface area contributed by atoms with Crippen LogP contribution >= 0.6 is 0 Å². The number of nitrogens with zero attached hydrogens (tertiary/aromatic N) is 1. The number of hydrogen-bond acceptors (Lipinski definition) is 7. The molecule has 4 atom stereocenters. The van der Waals surface area contributed by atoms with E-state index in [1.54, 1.807) is 20.0 Å². The monoisotopic (exact) mass is 583 g/mol. The summed E-state index contributed by atoms with van der Waals surface area (Å²) in [6.07, 6.45) is 4.21. The number of benzene rings is 1. The zero-order valence-electron chi connectivity index (χ0n) is 23.4. The van der Waals surface area contributed by atoms with Gasteiger partial charge in [-0.3, -0.25) is 19.2 Å². The Kier molecular flexibility index (Phi) is 11.2. The summed E-state index contributed by atoms with van der Waals surface area (Å²) < 4.78 is 0. The number of carbonyl (C=O) groups excluding carboxylic acids is 3. The van der Waals surface area contributed by atoms with E-state index in [2.05, 4.69) is 30.9 Å². The highest BCUT2D eigenvalue weighted by Gasteiger charge is 2.31. The lowest BCUT2D eigenvalue weighted by molar-refractivity contribution is -0.143. The molecule has 0 radical (unpaired) electrons.